The molecule has 0 spiro atoms. The monoisotopic (exact) mass is 236 g/mol. The highest BCUT2D eigenvalue weighted by Gasteiger charge is 2.17. The first kappa shape index (κ1) is 13.2. The first-order valence-corrected chi connectivity index (χ1v) is 5.61. The average molecular weight is 236 g/mol. The number of carboxylic acid groups (broad SMARTS) is 1. The van der Waals surface area contributed by atoms with E-state index in [4.69, 9.17) is 9.84 Å². The number of benzene rings is 1. The molecular weight excluding hydrogens is 220 g/mol. The molecule has 4 nitrogen and oxygen atoms in total. The molecular formula is C13H16O4. The molecule has 0 bridgehead atoms. The number of carbonyl (C=O) groups excluding carboxylic acids is 1. The second kappa shape index (κ2) is 6.03. The molecule has 0 heterocycles. The highest BCUT2D eigenvalue weighted by Crippen LogP contribution is 2.17. The van der Waals surface area contributed by atoms with E-state index >= 15 is 0 Å². The zero-order valence-corrected chi connectivity index (χ0v) is 9.97. The maximum Gasteiger partial charge on any atom is 0.344 e. The van der Waals surface area contributed by atoms with Gasteiger partial charge in [-0.25, -0.2) is 4.79 Å². The fourth-order valence-electron chi connectivity index (χ4n) is 1.42. The normalized spacial score (nSPS) is 11.9. The van der Waals surface area contributed by atoms with Crippen molar-refractivity contribution in [1.82, 2.24) is 0 Å². The van der Waals surface area contributed by atoms with E-state index in [1.807, 2.05) is 0 Å². The minimum absolute atomic E-state index is 0.0128. The van der Waals surface area contributed by atoms with E-state index in [1.165, 1.54) is 0 Å². The summed E-state index contributed by atoms with van der Waals surface area (Å²) in [4.78, 5) is 22.3. The van der Waals surface area contributed by atoms with Gasteiger partial charge in [0.15, 0.2) is 11.9 Å². The van der Waals surface area contributed by atoms with Crippen molar-refractivity contribution in [3.05, 3.63) is 29.8 Å². The number of ether oxygens (including phenoxy) is 1. The Morgan fingerprint density at radius 1 is 1.35 bits per heavy atom. The third kappa shape index (κ3) is 3.59. The summed E-state index contributed by atoms with van der Waals surface area (Å²) < 4.78 is 5.31. The summed E-state index contributed by atoms with van der Waals surface area (Å²) in [7, 11) is 0. The van der Waals surface area contributed by atoms with Gasteiger partial charge in [0.2, 0.25) is 0 Å². The van der Waals surface area contributed by atoms with Gasteiger partial charge in [0.1, 0.15) is 5.75 Å². The summed E-state index contributed by atoms with van der Waals surface area (Å²) in [5.41, 5.74) is 0.547. The number of carbonyl (C=O) groups is 2. The number of Topliss-reactive ketones (excluding diaryl/α,β-unsaturated/α-hetero) is 1. The molecule has 1 aromatic rings. The molecule has 0 radical (unpaired) electrons. The van der Waals surface area contributed by atoms with Crippen LogP contribution in [0.3, 0.4) is 0 Å². The van der Waals surface area contributed by atoms with Crippen molar-refractivity contribution in [3.8, 4) is 5.75 Å². The number of hydrogen-bond donors (Lipinski definition) is 1. The van der Waals surface area contributed by atoms with Crippen molar-refractivity contribution in [2.45, 2.75) is 32.8 Å². The quantitative estimate of drug-likeness (QED) is 0.771. The van der Waals surface area contributed by atoms with E-state index < -0.39 is 12.1 Å². The van der Waals surface area contributed by atoms with E-state index in [0.717, 1.165) is 0 Å². The standard InChI is InChI=1S/C13H16O4/c1-3-11(14)9-6-5-7-10(8-9)17-12(4-2)13(15)16/h5-8,12H,3-4H2,1-2H3,(H,15,16). The second-order valence-electron chi connectivity index (χ2n) is 3.66. The van der Waals surface area contributed by atoms with Gasteiger partial charge in [-0.05, 0) is 18.6 Å². The topological polar surface area (TPSA) is 63.6 Å². The first-order chi connectivity index (χ1) is 8.08. The van der Waals surface area contributed by atoms with Crippen LogP contribution in [0.25, 0.3) is 0 Å². The fourth-order valence-corrected chi connectivity index (χ4v) is 1.42. The number of rotatable bonds is 6. The summed E-state index contributed by atoms with van der Waals surface area (Å²) in [6.45, 7) is 3.52. The molecule has 0 amide bonds. The van der Waals surface area contributed by atoms with E-state index in [-0.39, 0.29) is 5.78 Å². The Kier molecular flexibility index (Phi) is 4.69. The van der Waals surface area contributed by atoms with Crippen LogP contribution in [0.15, 0.2) is 24.3 Å². The lowest BCUT2D eigenvalue weighted by Gasteiger charge is -2.13. The van der Waals surface area contributed by atoms with Crippen LogP contribution in [0.5, 0.6) is 5.75 Å². The molecule has 1 N–H and O–H groups in total. The van der Waals surface area contributed by atoms with Gasteiger partial charge in [-0.2, -0.15) is 0 Å². The molecule has 0 saturated carbocycles. The van der Waals surface area contributed by atoms with Crippen LogP contribution in [0.4, 0.5) is 0 Å². The van der Waals surface area contributed by atoms with E-state index in [2.05, 4.69) is 0 Å². The van der Waals surface area contributed by atoms with Crippen molar-refractivity contribution in [2.24, 2.45) is 0 Å². The molecule has 0 aliphatic carbocycles. The Morgan fingerprint density at radius 2 is 2.06 bits per heavy atom. The van der Waals surface area contributed by atoms with Crippen molar-refractivity contribution < 1.29 is 19.4 Å². The summed E-state index contributed by atoms with van der Waals surface area (Å²) in [6, 6.07) is 6.61. The molecule has 92 valence electrons. The largest absolute Gasteiger partial charge is 0.479 e. The Hall–Kier alpha value is -1.84. The molecule has 1 atom stereocenters. The molecule has 0 saturated heterocycles. The number of aliphatic carboxylic acids is 1. The lowest BCUT2D eigenvalue weighted by Crippen LogP contribution is -2.25. The lowest BCUT2D eigenvalue weighted by atomic mass is 10.1. The molecule has 0 fully saturated rings. The van der Waals surface area contributed by atoms with Crippen molar-refractivity contribution in [1.29, 1.82) is 0 Å². The number of ketones is 1. The predicted octanol–water partition coefficient (Wildman–Crippen LogP) is 2.52. The lowest BCUT2D eigenvalue weighted by molar-refractivity contribution is -0.145. The van der Waals surface area contributed by atoms with Crippen molar-refractivity contribution in [2.75, 3.05) is 0 Å². The molecule has 17 heavy (non-hydrogen) atoms. The summed E-state index contributed by atoms with van der Waals surface area (Å²) in [5.74, 6) is -0.572. The molecule has 0 aliphatic heterocycles. The summed E-state index contributed by atoms with van der Waals surface area (Å²) in [5, 5.41) is 8.87. The Labute approximate surface area is 100 Å². The summed E-state index contributed by atoms with van der Waals surface area (Å²) in [6.07, 6.45) is -0.0806. The highest BCUT2D eigenvalue weighted by molar-refractivity contribution is 5.96. The van der Waals surface area contributed by atoms with Gasteiger partial charge in [-0.3, -0.25) is 4.79 Å². The molecule has 0 aromatic heterocycles. The van der Waals surface area contributed by atoms with E-state index in [9.17, 15) is 9.59 Å². The van der Waals surface area contributed by atoms with Crippen LogP contribution in [-0.4, -0.2) is 23.0 Å². The number of hydrogen-bond acceptors (Lipinski definition) is 3. The van der Waals surface area contributed by atoms with Crippen LogP contribution in [0, 0.1) is 0 Å². The second-order valence-corrected chi connectivity index (χ2v) is 3.66. The molecule has 1 aromatic carbocycles. The zero-order chi connectivity index (χ0) is 12.8. The molecule has 1 unspecified atom stereocenters. The van der Waals surface area contributed by atoms with Crippen LogP contribution in [0.2, 0.25) is 0 Å². The molecule has 1 rings (SSSR count). The van der Waals surface area contributed by atoms with Crippen molar-refractivity contribution >= 4 is 11.8 Å². The zero-order valence-electron chi connectivity index (χ0n) is 9.97. The molecule has 4 heteroatoms. The minimum atomic E-state index is -1.00. The maximum atomic E-state index is 11.5. The van der Waals surface area contributed by atoms with Gasteiger partial charge in [0.05, 0.1) is 0 Å². The average Bonchev–Trinajstić information content (AvgIpc) is 2.34. The third-order valence-corrected chi connectivity index (χ3v) is 2.40. The van der Waals surface area contributed by atoms with Gasteiger partial charge in [-0.1, -0.05) is 26.0 Å². The number of carboxylic acids is 1. The SMILES string of the molecule is CCC(=O)c1cccc(OC(CC)C(=O)O)c1. The highest BCUT2D eigenvalue weighted by atomic mass is 16.5. The van der Waals surface area contributed by atoms with Crippen LogP contribution in [0.1, 0.15) is 37.0 Å². The van der Waals surface area contributed by atoms with Crippen molar-refractivity contribution in [3.63, 3.8) is 0 Å². The summed E-state index contributed by atoms with van der Waals surface area (Å²) >= 11 is 0. The first-order valence-electron chi connectivity index (χ1n) is 5.61. The molecule has 0 aliphatic rings. The van der Waals surface area contributed by atoms with Gasteiger partial charge >= 0.3 is 5.97 Å². The van der Waals surface area contributed by atoms with Crippen LogP contribution < -0.4 is 4.74 Å². The maximum absolute atomic E-state index is 11.5. The predicted molar refractivity (Wildman–Crippen MR) is 63.4 cm³/mol. The fraction of sp³-hybridized carbons (Fsp3) is 0.385. The van der Waals surface area contributed by atoms with Crippen LogP contribution in [-0.2, 0) is 4.79 Å². The Bertz CT molecular complexity index is 412. The van der Waals surface area contributed by atoms with Crippen LogP contribution >= 0.6 is 0 Å². The third-order valence-electron chi connectivity index (χ3n) is 2.40. The van der Waals surface area contributed by atoms with Gasteiger partial charge in [0, 0.05) is 12.0 Å². The van der Waals surface area contributed by atoms with E-state index in [1.54, 1.807) is 38.1 Å². The Morgan fingerprint density at radius 3 is 2.59 bits per heavy atom. The minimum Gasteiger partial charge on any atom is -0.479 e. The smallest absolute Gasteiger partial charge is 0.344 e. The van der Waals surface area contributed by atoms with Gasteiger partial charge in [0.25, 0.3) is 0 Å². The van der Waals surface area contributed by atoms with Gasteiger partial charge in [-0.15, -0.1) is 0 Å². The van der Waals surface area contributed by atoms with Gasteiger partial charge < -0.3 is 9.84 Å². The van der Waals surface area contributed by atoms with E-state index in [0.29, 0.717) is 24.2 Å². The Balaban J connectivity index is 2.85.